The smallest absolute Gasteiger partial charge is 0.234 e. The first-order valence-electron chi connectivity index (χ1n) is 10.3. The van der Waals surface area contributed by atoms with Crippen molar-refractivity contribution in [3.05, 3.63) is 42.1 Å². The van der Waals surface area contributed by atoms with Gasteiger partial charge in [0.2, 0.25) is 11.8 Å². The number of nitrogens with zero attached hydrogens (tertiary/aromatic N) is 3. The van der Waals surface area contributed by atoms with Gasteiger partial charge in [0, 0.05) is 44.0 Å². The Labute approximate surface area is 161 Å². The highest BCUT2D eigenvalue weighted by atomic mass is 16.2. The molecule has 2 fully saturated rings. The minimum Gasteiger partial charge on any atom is -0.339 e. The summed E-state index contributed by atoms with van der Waals surface area (Å²) in [5.41, 5.74) is 1.28. The van der Waals surface area contributed by atoms with E-state index in [2.05, 4.69) is 17.9 Å². The minimum atomic E-state index is -0.531. The Hall–Kier alpha value is -2.14. The topological polar surface area (TPSA) is 43.9 Å². The number of anilines is 1. The van der Waals surface area contributed by atoms with Crippen LogP contribution >= 0.6 is 0 Å². The highest BCUT2D eigenvalue weighted by Crippen LogP contribution is 2.49. The highest BCUT2D eigenvalue weighted by molar-refractivity contribution is 6.02. The van der Waals surface area contributed by atoms with Crippen molar-refractivity contribution in [2.75, 3.05) is 37.6 Å². The number of para-hydroxylation sites is 1. The van der Waals surface area contributed by atoms with Crippen LogP contribution in [0, 0.1) is 5.41 Å². The number of allylic oxidation sites excluding steroid dienone is 1. The van der Waals surface area contributed by atoms with Crippen molar-refractivity contribution in [1.29, 1.82) is 0 Å². The van der Waals surface area contributed by atoms with Crippen LogP contribution in [0.5, 0.6) is 0 Å². The molecule has 0 N–H and O–H groups in total. The first-order chi connectivity index (χ1) is 13.2. The van der Waals surface area contributed by atoms with Crippen molar-refractivity contribution in [3.8, 4) is 0 Å². The predicted molar refractivity (Wildman–Crippen MR) is 106 cm³/mol. The number of hydrogen-bond donors (Lipinski definition) is 0. The van der Waals surface area contributed by atoms with Gasteiger partial charge in [0.25, 0.3) is 0 Å². The Balaban J connectivity index is 1.66. The Morgan fingerprint density at radius 3 is 2.52 bits per heavy atom. The highest BCUT2D eigenvalue weighted by Gasteiger charge is 2.51. The number of hydrogen-bond acceptors (Lipinski definition) is 3. The lowest BCUT2D eigenvalue weighted by Crippen LogP contribution is -2.57. The summed E-state index contributed by atoms with van der Waals surface area (Å²) in [6.07, 6.45) is 6.03. The van der Waals surface area contributed by atoms with Crippen LogP contribution in [0.2, 0.25) is 0 Å². The predicted octanol–water partition coefficient (Wildman–Crippen LogP) is 3.03. The number of carbonyl (C=O) groups excluding carboxylic acids is 2. The molecular formula is C22H29N3O2. The van der Waals surface area contributed by atoms with Crippen molar-refractivity contribution in [1.82, 2.24) is 9.80 Å². The monoisotopic (exact) mass is 367 g/mol. The second-order valence-electron chi connectivity index (χ2n) is 7.85. The van der Waals surface area contributed by atoms with Gasteiger partial charge in [-0.2, -0.15) is 0 Å². The van der Waals surface area contributed by atoms with Gasteiger partial charge in [0.1, 0.15) is 0 Å². The third-order valence-electron chi connectivity index (χ3n) is 6.42. The van der Waals surface area contributed by atoms with Crippen molar-refractivity contribution in [2.45, 2.75) is 39.0 Å². The van der Waals surface area contributed by atoms with Gasteiger partial charge in [-0.25, -0.2) is 0 Å². The number of benzene rings is 1. The Morgan fingerprint density at radius 1 is 1.07 bits per heavy atom. The summed E-state index contributed by atoms with van der Waals surface area (Å²) in [6, 6.07) is 9.79. The van der Waals surface area contributed by atoms with Gasteiger partial charge in [0.05, 0.1) is 5.41 Å². The zero-order chi connectivity index (χ0) is 18.9. The molecular weight excluding hydrogens is 338 g/mol. The molecule has 0 spiro atoms. The van der Waals surface area contributed by atoms with E-state index in [9.17, 15) is 9.59 Å². The Morgan fingerprint density at radius 2 is 1.81 bits per heavy atom. The molecule has 1 aliphatic carbocycles. The summed E-state index contributed by atoms with van der Waals surface area (Å²) in [6.45, 7) is 6.68. The van der Waals surface area contributed by atoms with Crippen LogP contribution in [-0.4, -0.2) is 54.3 Å². The summed E-state index contributed by atoms with van der Waals surface area (Å²) >= 11 is 0. The Kier molecular flexibility index (Phi) is 5.04. The van der Waals surface area contributed by atoms with Crippen LogP contribution in [-0.2, 0) is 9.59 Å². The largest absolute Gasteiger partial charge is 0.339 e. The van der Waals surface area contributed by atoms with Gasteiger partial charge in [-0.05, 0) is 44.4 Å². The molecule has 144 valence electrons. The first kappa shape index (κ1) is 18.2. The number of piperidine rings is 1. The van der Waals surface area contributed by atoms with Crippen molar-refractivity contribution >= 4 is 17.5 Å². The molecule has 1 atom stereocenters. The summed E-state index contributed by atoms with van der Waals surface area (Å²) in [4.78, 5) is 32.8. The molecule has 2 amide bonds. The molecule has 0 aromatic heterocycles. The van der Waals surface area contributed by atoms with Crippen molar-refractivity contribution < 1.29 is 9.59 Å². The van der Waals surface area contributed by atoms with Gasteiger partial charge in [-0.1, -0.05) is 31.2 Å². The fraction of sp³-hybridized carbons (Fsp3) is 0.545. The number of rotatable bonds is 3. The van der Waals surface area contributed by atoms with Gasteiger partial charge >= 0.3 is 0 Å². The fourth-order valence-corrected chi connectivity index (χ4v) is 4.84. The third-order valence-corrected chi connectivity index (χ3v) is 6.42. The number of fused-ring (bicyclic) bond motifs is 1. The lowest BCUT2D eigenvalue weighted by molar-refractivity contribution is -0.144. The zero-order valence-corrected chi connectivity index (χ0v) is 16.2. The maximum absolute atomic E-state index is 13.7. The van der Waals surface area contributed by atoms with Crippen molar-refractivity contribution in [3.63, 3.8) is 0 Å². The second-order valence-corrected chi connectivity index (χ2v) is 7.85. The van der Waals surface area contributed by atoms with Crippen molar-refractivity contribution in [2.24, 2.45) is 5.41 Å². The summed E-state index contributed by atoms with van der Waals surface area (Å²) in [5.74, 6) is 0.339. The molecule has 0 bridgehead atoms. The van der Waals surface area contributed by atoms with E-state index in [4.69, 9.17) is 0 Å². The molecule has 2 aliphatic heterocycles. The lowest BCUT2D eigenvalue weighted by atomic mass is 9.68. The summed E-state index contributed by atoms with van der Waals surface area (Å²) in [7, 11) is 0. The molecule has 4 rings (SSSR count). The van der Waals surface area contributed by atoms with Gasteiger partial charge in [-0.15, -0.1) is 0 Å². The summed E-state index contributed by atoms with van der Waals surface area (Å²) in [5, 5.41) is 0. The average molecular weight is 367 g/mol. The molecule has 1 aromatic rings. The second kappa shape index (κ2) is 7.47. The van der Waals surface area contributed by atoms with Crippen LogP contribution in [0.25, 0.3) is 0 Å². The van der Waals surface area contributed by atoms with Crippen LogP contribution in [0.15, 0.2) is 42.1 Å². The van der Waals surface area contributed by atoms with E-state index in [0.717, 1.165) is 63.4 Å². The van der Waals surface area contributed by atoms with Gasteiger partial charge in [0.15, 0.2) is 0 Å². The average Bonchev–Trinajstić information content (AvgIpc) is 2.74. The molecule has 0 radical (unpaired) electrons. The van der Waals surface area contributed by atoms with E-state index in [1.165, 1.54) is 0 Å². The Bertz CT molecular complexity index is 737. The number of likely N-dealkylation sites (N-methyl/N-ethyl adjacent to an activating group) is 1. The van der Waals surface area contributed by atoms with E-state index in [-0.39, 0.29) is 11.8 Å². The molecule has 27 heavy (non-hydrogen) atoms. The standard InChI is InChI=1S/C22H29N3O2/c1-2-23-14-16-24(17-15-23)21(27)22-12-7-6-10-19(22)25(20(26)11-13-22)18-8-4-3-5-9-18/h3-5,8-10H,2,6-7,11-17H2,1H3. The summed E-state index contributed by atoms with van der Waals surface area (Å²) < 4.78 is 0. The van der Waals surface area contributed by atoms with Crippen LogP contribution in [0.4, 0.5) is 5.69 Å². The van der Waals surface area contributed by atoms with E-state index >= 15 is 0 Å². The van der Waals surface area contributed by atoms with E-state index in [0.29, 0.717) is 12.8 Å². The molecule has 2 heterocycles. The quantitative estimate of drug-likeness (QED) is 0.825. The van der Waals surface area contributed by atoms with Crippen LogP contribution < -0.4 is 4.90 Å². The lowest BCUT2D eigenvalue weighted by Gasteiger charge is -2.48. The normalized spacial score (nSPS) is 26.6. The number of piperazine rings is 1. The first-order valence-corrected chi connectivity index (χ1v) is 10.3. The number of amides is 2. The fourth-order valence-electron chi connectivity index (χ4n) is 4.84. The van der Waals surface area contributed by atoms with E-state index in [1.807, 2.05) is 40.1 Å². The SMILES string of the molecule is CCN1CCN(C(=O)C23CCCC=C2N(c2ccccc2)C(=O)CC3)CC1. The maximum Gasteiger partial charge on any atom is 0.234 e. The number of carbonyl (C=O) groups is 2. The molecule has 0 saturated carbocycles. The third kappa shape index (κ3) is 3.18. The zero-order valence-electron chi connectivity index (χ0n) is 16.2. The minimum absolute atomic E-state index is 0.105. The molecule has 1 aromatic carbocycles. The molecule has 1 unspecified atom stereocenters. The van der Waals surface area contributed by atoms with Crippen LogP contribution in [0.3, 0.4) is 0 Å². The van der Waals surface area contributed by atoms with E-state index in [1.54, 1.807) is 0 Å². The molecule has 2 saturated heterocycles. The van der Waals surface area contributed by atoms with Crippen LogP contribution in [0.1, 0.15) is 39.0 Å². The van der Waals surface area contributed by atoms with Gasteiger partial charge < -0.3 is 9.80 Å². The van der Waals surface area contributed by atoms with Gasteiger partial charge in [-0.3, -0.25) is 14.5 Å². The molecule has 5 nitrogen and oxygen atoms in total. The maximum atomic E-state index is 13.7. The molecule has 3 aliphatic rings. The molecule has 5 heteroatoms. The van der Waals surface area contributed by atoms with E-state index < -0.39 is 5.41 Å².